The van der Waals surface area contributed by atoms with Gasteiger partial charge in [0, 0.05) is 31.2 Å². The summed E-state index contributed by atoms with van der Waals surface area (Å²) < 4.78 is 0. The Morgan fingerprint density at radius 3 is 2.52 bits per heavy atom. The topological polar surface area (TPSA) is 15.3 Å². The van der Waals surface area contributed by atoms with E-state index in [1.807, 2.05) is 0 Å². The van der Waals surface area contributed by atoms with Crippen LogP contribution in [0.2, 0.25) is 0 Å². The normalized spacial score (nSPS) is 33.6. The Labute approximate surface area is 129 Å². The van der Waals surface area contributed by atoms with Crippen LogP contribution in [0.1, 0.15) is 52.1 Å². The standard InChI is InChI=1S/C19H30N2/c1-5-14(2)16-13-21(18-11-19(18,3)4)17(12-20-16)15-9-7-6-8-10-15/h6-10,14,16-18,20H,5,11-13H2,1-4H3. The third-order valence-electron chi connectivity index (χ3n) is 5.76. The van der Waals surface area contributed by atoms with Crippen LogP contribution in [-0.2, 0) is 0 Å². The van der Waals surface area contributed by atoms with E-state index < -0.39 is 0 Å². The van der Waals surface area contributed by atoms with Gasteiger partial charge in [-0.2, -0.15) is 0 Å². The third-order valence-corrected chi connectivity index (χ3v) is 5.76. The first-order valence-corrected chi connectivity index (χ1v) is 8.57. The molecule has 1 aliphatic heterocycles. The zero-order valence-electron chi connectivity index (χ0n) is 14.0. The van der Waals surface area contributed by atoms with Crippen molar-refractivity contribution in [1.82, 2.24) is 10.2 Å². The Morgan fingerprint density at radius 1 is 1.29 bits per heavy atom. The van der Waals surface area contributed by atoms with E-state index in [1.54, 1.807) is 0 Å². The van der Waals surface area contributed by atoms with Gasteiger partial charge in [0.05, 0.1) is 0 Å². The van der Waals surface area contributed by atoms with Crippen molar-refractivity contribution >= 4 is 0 Å². The fraction of sp³-hybridized carbons (Fsp3) is 0.684. The van der Waals surface area contributed by atoms with Crippen LogP contribution >= 0.6 is 0 Å². The highest BCUT2D eigenvalue weighted by atomic mass is 15.3. The van der Waals surface area contributed by atoms with Gasteiger partial charge in [0.1, 0.15) is 0 Å². The fourth-order valence-electron chi connectivity index (χ4n) is 3.80. The average molecular weight is 286 g/mol. The Bertz CT molecular complexity index is 468. The molecule has 0 spiro atoms. The highest BCUT2D eigenvalue weighted by Gasteiger charge is 2.52. The molecule has 0 amide bonds. The molecule has 2 aliphatic rings. The molecular weight excluding hydrogens is 256 g/mol. The second-order valence-electron chi connectivity index (χ2n) is 7.73. The minimum absolute atomic E-state index is 0.504. The highest BCUT2D eigenvalue weighted by molar-refractivity contribution is 5.22. The minimum Gasteiger partial charge on any atom is -0.311 e. The van der Waals surface area contributed by atoms with Crippen LogP contribution in [0, 0.1) is 11.3 Å². The first-order valence-electron chi connectivity index (χ1n) is 8.57. The number of nitrogens with one attached hydrogen (secondary N) is 1. The van der Waals surface area contributed by atoms with Gasteiger partial charge in [-0.25, -0.2) is 0 Å². The van der Waals surface area contributed by atoms with Crippen molar-refractivity contribution in [1.29, 1.82) is 0 Å². The number of benzene rings is 1. The van der Waals surface area contributed by atoms with E-state index in [2.05, 4.69) is 68.2 Å². The summed E-state index contributed by atoms with van der Waals surface area (Å²) >= 11 is 0. The van der Waals surface area contributed by atoms with Gasteiger partial charge in [0.15, 0.2) is 0 Å². The van der Waals surface area contributed by atoms with E-state index in [1.165, 1.54) is 24.9 Å². The van der Waals surface area contributed by atoms with Crippen molar-refractivity contribution in [3.63, 3.8) is 0 Å². The molecule has 4 unspecified atom stereocenters. The second kappa shape index (κ2) is 5.73. The number of hydrogen-bond donors (Lipinski definition) is 1. The Hall–Kier alpha value is -0.860. The Balaban J connectivity index is 1.80. The van der Waals surface area contributed by atoms with Gasteiger partial charge in [-0.3, -0.25) is 4.90 Å². The summed E-state index contributed by atoms with van der Waals surface area (Å²) in [6.07, 6.45) is 2.61. The predicted molar refractivity (Wildman–Crippen MR) is 89.3 cm³/mol. The molecule has 1 N–H and O–H groups in total. The smallest absolute Gasteiger partial charge is 0.0476 e. The first kappa shape index (κ1) is 15.1. The number of piperazine rings is 1. The lowest BCUT2D eigenvalue weighted by molar-refractivity contribution is 0.0894. The van der Waals surface area contributed by atoms with Crippen LogP contribution in [-0.4, -0.2) is 30.1 Å². The van der Waals surface area contributed by atoms with E-state index in [0.29, 0.717) is 17.5 Å². The maximum absolute atomic E-state index is 3.82. The summed E-state index contributed by atoms with van der Waals surface area (Å²) in [6.45, 7) is 11.8. The Kier molecular flexibility index (Phi) is 4.11. The lowest BCUT2D eigenvalue weighted by Gasteiger charge is -2.43. The average Bonchev–Trinajstić information content (AvgIpc) is 3.15. The van der Waals surface area contributed by atoms with Crippen molar-refractivity contribution in [2.24, 2.45) is 11.3 Å². The lowest BCUT2D eigenvalue weighted by Crippen LogP contribution is -2.55. The molecule has 0 bridgehead atoms. The molecule has 21 heavy (non-hydrogen) atoms. The molecular formula is C19H30N2. The van der Waals surface area contributed by atoms with E-state index in [0.717, 1.165) is 18.5 Å². The third kappa shape index (κ3) is 3.02. The second-order valence-corrected chi connectivity index (χ2v) is 7.73. The van der Waals surface area contributed by atoms with Crippen LogP contribution in [0.3, 0.4) is 0 Å². The molecule has 0 aromatic heterocycles. The summed E-state index contributed by atoms with van der Waals surface area (Å²) in [4.78, 5) is 2.79. The van der Waals surface area contributed by atoms with Gasteiger partial charge >= 0.3 is 0 Å². The molecule has 1 saturated heterocycles. The maximum atomic E-state index is 3.82. The molecule has 4 atom stereocenters. The number of rotatable bonds is 4. The molecule has 2 heteroatoms. The van der Waals surface area contributed by atoms with Gasteiger partial charge in [-0.1, -0.05) is 64.4 Å². The minimum atomic E-state index is 0.504. The van der Waals surface area contributed by atoms with Crippen molar-refractivity contribution in [3.05, 3.63) is 35.9 Å². The molecule has 2 fully saturated rings. The summed E-state index contributed by atoms with van der Waals surface area (Å²) in [6, 6.07) is 13.0. The van der Waals surface area contributed by atoms with Gasteiger partial charge in [0.25, 0.3) is 0 Å². The molecule has 1 heterocycles. The largest absolute Gasteiger partial charge is 0.311 e. The van der Waals surface area contributed by atoms with Gasteiger partial charge in [0.2, 0.25) is 0 Å². The zero-order chi connectivity index (χ0) is 15.0. The molecule has 1 aromatic carbocycles. The summed E-state index contributed by atoms with van der Waals surface area (Å²) in [5.74, 6) is 0.756. The maximum Gasteiger partial charge on any atom is 0.0476 e. The van der Waals surface area contributed by atoms with Gasteiger partial charge < -0.3 is 5.32 Å². The molecule has 0 radical (unpaired) electrons. The van der Waals surface area contributed by atoms with E-state index in [-0.39, 0.29) is 0 Å². The quantitative estimate of drug-likeness (QED) is 0.904. The van der Waals surface area contributed by atoms with Crippen LogP contribution in [0.5, 0.6) is 0 Å². The molecule has 1 aliphatic carbocycles. The Morgan fingerprint density at radius 2 is 1.95 bits per heavy atom. The number of nitrogens with zero attached hydrogens (tertiary/aromatic N) is 1. The van der Waals surface area contributed by atoms with Crippen molar-refractivity contribution in [2.45, 2.75) is 58.7 Å². The van der Waals surface area contributed by atoms with Crippen molar-refractivity contribution in [2.75, 3.05) is 13.1 Å². The van der Waals surface area contributed by atoms with Crippen LogP contribution in [0.25, 0.3) is 0 Å². The monoisotopic (exact) mass is 286 g/mol. The predicted octanol–water partition coefficient (Wildman–Crippen LogP) is 3.85. The molecule has 2 nitrogen and oxygen atoms in total. The summed E-state index contributed by atoms with van der Waals surface area (Å²) in [5.41, 5.74) is 1.97. The van der Waals surface area contributed by atoms with E-state index >= 15 is 0 Å². The molecule has 3 rings (SSSR count). The molecule has 116 valence electrons. The zero-order valence-corrected chi connectivity index (χ0v) is 14.0. The summed E-state index contributed by atoms with van der Waals surface area (Å²) in [5, 5.41) is 3.82. The van der Waals surface area contributed by atoms with Gasteiger partial charge in [-0.05, 0) is 23.3 Å². The van der Waals surface area contributed by atoms with Crippen LogP contribution in [0.4, 0.5) is 0 Å². The SMILES string of the molecule is CCC(C)C1CN(C2CC2(C)C)C(c2ccccc2)CN1. The molecule has 1 saturated carbocycles. The molecule has 1 aromatic rings. The van der Waals surface area contributed by atoms with E-state index in [9.17, 15) is 0 Å². The summed E-state index contributed by atoms with van der Waals surface area (Å²) in [7, 11) is 0. The highest BCUT2D eigenvalue weighted by Crippen LogP contribution is 2.51. The lowest BCUT2D eigenvalue weighted by atomic mass is 9.92. The van der Waals surface area contributed by atoms with E-state index in [4.69, 9.17) is 0 Å². The van der Waals surface area contributed by atoms with Gasteiger partial charge in [-0.15, -0.1) is 0 Å². The fourth-order valence-corrected chi connectivity index (χ4v) is 3.80. The van der Waals surface area contributed by atoms with Crippen molar-refractivity contribution in [3.8, 4) is 0 Å². The van der Waals surface area contributed by atoms with Crippen LogP contribution < -0.4 is 5.32 Å². The van der Waals surface area contributed by atoms with Crippen molar-refractivity contribution < 1.29 is 0 Å². The van der Waals surface area contributed by atoms with Crippen LogP contribution in [0.15, 0.2) is 30.3 Å². The first-order chi connectivity index (χ1) is 10.0. The number of hydrogen-bond acceptors (Lipinski definition) is 2.